The van der Waals surface area contributed by atoms with Crippen LogP contribution in [0.25, 0.3) is 0 Å². The standard InChI is InChI=1S/C21H22N2O2/c1-15-12-17(9-8-16-6-5-10-22-14-16)18-13-20(24)25-21(18,2)19-7-3-4-11-23(15)19/h5-6,10,12-15,19H,3-4,7,11H2,1-2H3/t15-,19+,21-/m0/s1. The predicted molar refractivity (Wildman–Crippen MR) is 95.6 cm³/mol. The number of esters is 1. The van der Waals surface area contributed by atoms with Gasteiger partial charge in [0.25, 0.3) is 0 Å². The van der Waals surface area contributed by atoms with Crippen LogP contribution in [-0.4, -0.2) is 40.1 Å². The number of rotatable bonds is 0. The molecule has 1 aromatic heterocycles. The lowest BCUT2D eigenvalue weighted by atomic mass is 9.81. The van der Waals surface area contributed by atoms with Gasteiger partial charge < -0.3 is 4.74 Å². The second-order valence-corrected chi connectivity index (χ2v) is 7.15. The molecule has 0 saturated carbocycles. The Morgan fingerprint density at radius 3 is 3.04 bits per heavy atom. The largest absolute Gasteiger partial charge is 0.450 e. The molecule has 4 rings (SSSR count). The van der Waals surface area contributed by atoms with Crippen LogP contribution in [0.3, 0.4) is 0 Å². The van der Waals surface area contributed by atoms with Crippen LogP contribution in [-0.2, 0) is 9.53 Å². The fourth-order valence-electron chi connectivity index (χ4n) is 4.29. The minimum absolute atomic E-state index is 0.211. The second-order valence-electron chi connectivity index (χ2n) is 7.15. The van der Waals surface area contributed by atoms with E-state index in [1.54, 1.807) is 18.5 Å². The van der Waals surface area contributed by atoms with Crippen molar-refractivity contribution in [2.75, 3.05) is 6.54 Å². The van der Waals surface area contributed by atoms with E-state index in [4.69, 9.17) is 4.74 Å². The Morgan fingerprint density at radius 2 is 2.24 bits per heavy atom. The Bertz CT molecular complexity index is 815. The van der Waals surface area contributed by atoms with E-state index in [-0.39, 0.29) is 18.1 Å². The van der Waals surface area contributed by atoms with Crippen LogP contribution in [0.15, 0.2) is 47.8 Å². The summed E-state index contributed by atoms with van der Waals surface area (Å²) in [7, 11) is 0. The second kappa shape index (κ2) is 6.16. The molecule has 0 N–H and O–H groups in total. The van der Waals surface area contributed by atoms with Crippen LogP contribution in [0.1, 0.15) is 38.7 Å². The number of nitrogens with zero attached hydrogens (tertiary/aromatic N) is 2. The van der Waals surface area contributed by atoms with Gasteiger partial charge in [-0.15, -0.1) is 0 Å². The van der Waals surface area contributed by atoms with Crippen LogP contribution in [0.4, 0.5) is 0 Å². The number of hydrogen-bond donors (Lipinski definition) is 0. The summed E-state index contributed by atoms with van der Waals surface area (Å²) in [6.07, 6.45) is 10.7. The molecule has 3 aliphatic rings. The summed E-state index contributed by atoms with van der Waals surface area (Å²) >= 11 is 0. The summed E-state index contributed by atoms with van der Waals surface area (Å²) in [5, 5.41) is 0. The zero-order chi connectivity index (χ0) is 17.4. The van der Waals surface area contributed by atoms with Gasteiger partial charge in [0.15, 0.2) is 5.60 Å². The molecule has 128 valence electrons. The SMILES string of the molecule is C[C@H]1C=C(C#Cc2cccnc2)C2=CC(=O)O[C@]2(C)[C@H]2CCCCN12. The fourth-order valence-corrected chi connectivity index (χ4v) is 4.29. The highest BCUT2D eigenvalue weighted by Crippen LogP contribution is 2.44. The minimum atomic E-state index is -0.613. The lowest BCUT2D eigenvalue weighted by Crippen LogP contribution is -2.55. The molecule has 0 amide bonds. The average molecular weight is 334 g/mol. The highest BCUT2D eigenvalue weighted by Gasteiger charge is 2.51. The number of hydrogen-bond acceptors (Lipinski definition) is 4. The maximum absolute atomic E-state index is 12.1. The minimum Gasteiger partial charge on any atom is -0.450 e. The van der Waals surface area contributed by atoms with Gasteiger partial charge in [0.05, 0.1) is 6.04 Å². The molecule has 0 spiro atoms. The molecule has 3 aliphatic heterocycles. The maximum atomic E-state index is 12.1. The molecule has 0 bridgehead atoms. The number of fused-ring (bicyclic) bond motifs is 3. The van der Waals surface area contributed by atoms with Crippen LogP contribution < -0.4 is 0 Å². The van der Waals surface area contributed by atoms with Crippen LogP contribution in [0.2, 0.25) is 0 Å². The Morgan fingerprint density at radius 1 is 1.36 bits per heavy atom. The third-order valence-corrected chi connectivity index (χ3v) is 5.51. The zero-order valence-electron chi connectivity index (χ0n) is 14.7. The van der Waals surface area contributed by atoms with Crippen LogP contribution in [0.5, 0.6) is 0 Å². The topological polar surface area (TPSA) is 42.4 Å². The van der Waals surface area contributed by atoms with Crippen LogP contribution in [0, 0.1) is 11.8 Å². The molecule has 0 aromatic carbocycles. The Hall–Kier alpha value is -2.38. The zero-order valence-corrected chi connectivity index (χ0v) is 14.7. The van der Waals surface area contributed by atoms with Gasteiger partial charge in [-0.3, -0.25) is 9.88 Å². The number of ether oxygens (including phenoxy) is 1. The maximum Gasteiger partial charge on any atom is 0.332 e. The van der Waals surface area contributed by atoms with E-state index in [0.29, 0.717) is 0 Å². The number of carbonyl (C=O) groups is 1. The molecular formula is C21H22N2O2. The van der Waals surface area contributed by atoms with E-state index in [2.05, 4.69) is 34.7 Å². The summed E-state index contributed by atoms with van der Waals surface area (Å²) < 4.78 is 5.84. The van der Waals surface area contributed by atoms with E-state index in [0.717, 1.165) is 29.7 Å². The molecule has 3 atom stereocenters. The molecule has 0 radical (unpaired) electrons. The van der Waals surface area contributed by atoms with Gasteiger partial charge in [-0.2, -0.15) is 0 Å². The molecule has 1 aromatic rings. The summed E-state index contributed by atoms with van der Waals surface area (Å²) in [5.41, 5.74) is 2.08. The molecule has 1 fully saturated rings. The Labute approximate surface area is 148 Å². The average Bonchev–Trinajstić information content (AvgIpc) is 2.91. The molecule has 4 heteroatoms. The molecule has 4 heterocycles. The molecule has 4 nitrogen and oxygen atoms in total. The normalized spacial score (nSPS) is 31.5. The van der Waals surface area contributed by atoms with Crippen molar-refractivity contribution in [2.45, 2.75) is 50.8 Å². The van der Waals surface area contributed by atoms with Gasteiger partial charge in [0.1, 0.15) is 0 Å². The molecule has 25 heavy (non-hydrogen) atoms. The lowest BCUT2D eigenvalue weighted by molar-refractivity contribution is -0.151. The first-order chi connectivity index (χ1) is 12.1. The molecule has 1 saturated heterocycles. The third kappa shape index (κ3) is 2.79. The van der Waals surface area contributed by atoms with Crippen molar-refractivity contribution < 1.29 is 9.53 Å². The number of pyridine rings is 1. The first kappa shape index (κ1) is 16.1. The monoisotopic (exact) mass is 334 g/mol. The van der Waals surface area contributed by atoms with Crippen molar-refractivity contribution in [1.82, 2.24) is 9.88 Å². The van der Waals surface area contributed by atoms with Crippen molar-refractivity contribution in [2.24, 2.45) is 0 Å². The summed E-state index contributed by atoms with van der Waals surface area (Å²) in [5.74, 6) is 6.20. The molecule has 0 aliphatic carbocycles. The highest BCUT2D eigenvalue weighted by molar-refractivity contribution is 5.89. The van der Waals surface area contributed by atoms with E-state index < -0.39 is 5.60 Å². The van der Waals surface area contributed by atoms with Crippen molar-refractivity contribution >= 4 is 5.97 Å². The number of aromatic nitrogens is 1. The van der Waals surface area contributed by atoms with Crippen molar-refractivity contribution in [1.29, 1.82) is 0 Å². The quantitative estimate of drug-likeness (QED) is 0.540. The van der Waals surface area contributed by atoms with Gasteiger partial charge in [0, 0.05) is 41.2 Å². The third-order valence-electron chi connectivity index (χ3n) is 5.51. The number of carbonyl (C=O) groups excluding carboxylic acids is 1. The molecule has 0 unspecified atom stereocenters. The lowest BCUT2D eigenvalue weighted by Gasteiger charge is -2.45. The first-order valence-electron chi connectivity index (χ1n) is 8.93. The first-order valence-corrected chi connectivity index (χ1v) is 8.93. The predicted octanol–water partition coefficient (Wildman–Crippen LogP) is 2.86. The summed E-state index contributed by atoms with van der Waals surface area (Å²) in [6.45, 7) is 5.29. The van der Waals surface area contributed by atoms with E-state index in [1.807, 2.05) is 19.1 Å². The smallest absolute Gasteiger partial charge is 0.332 e. The van der Waals surface area contributed by atoms with Gasteiger partial charge in [0.2, 0.25) is 0 Å². The van der Waals surface area contributed by atoms with E-state index in [9.17, 15) is 4.79 Å². The van der Waals surface area contributed by atoms with Gasteiger partial charge in [-0.05, 0) is 45.4 Å². The Balaban J connectivity index is 1.79. The molecular weight excluding hydrogens is 312 g/mol. The Kier molecular flexibility index (Phi) is 3.97. The van der Waals surface area contributed by atoms with E-state index in [1.165, 1.54) is 12.8 Å². The van der Waals surface area contributed by atoms with Gasteiger partial charge >= 0.3 is 5.97 Å². The number of piperidine rings is 1. The summed E-state index contributed by atoms with van der Waals surface area (Å²) in [6, 6.07) is 4.29. The van der Waals surface area contributed by atoms with Gasteiger partial charge in [-0.25, -0.2) is 4.79 Å². The highest BCUT2D eigenvalue weighted by atomic mass is 16.6. The van der Waals surface area contributed by atoms with Crippen LogP contribution >= 0.6 is 0 Å². The van der Waals surface area contributed by atoms with E-state index >= 15 is 0 Å². The van der Waals surface area contributed by atoms with Crippen molar-refractivity contribution in [3.05, 3.63) is 53.4 Å². The summed E-state index contributed by atoms with van der Waals surface area (Å²) in [4.78, 5) is 18.7. The van der Waals surface area contributed by atoms with Crippen molar-refractivity contribution in [3.63, 3.8) is 0 Å². The van der Waals surface area contributed by atoms with Crippen molar-refractivity contribution in [3.8, 4) is 11.8 Å². The van der Waals surface area contributed by atoms with Gasteiger partial charge in [-0.1, -0.05) is 24.3 Å². The fraction of sp³-hybridized carbons (Fsp3) is 0.429.